The molecule has 0 aliphatic carbocycles. The van der Waals surface area contributed by atoms with Crippen molar-refractivity contribution in [1.29, 1.82) is 0 Å². The van der Waals surface area contributed by atoms with Crippen LogP contribution in [0.4, 0.5) is 32.3 Å². The van der Waals surface area contributed by atoms with Crippen LogP contribution in [0.1, 0.15) is 0 Å². The zero-order valence-electron chi connectivity index (χ0n) is 15.8. The predicted molar refractivity (Wildman–Crippen MR) is 111 cm³/mol. The fourth-order valence-electron chi connectivity index (χ4n) is 3.10. The number of piperazine rings is 1. The molecule has 1 saturated heterocycles. The Morgan fingerprint density at radius 1 is 0.931 bits per heavy atom. The summed E-state index contributed by atoms with van der Waals surface area (Å²) >= 11 is 0. The maximum absolute atomic E-state index is 13.8. The Kier molecular flexibility index (Phi) is 5.51. The van der Waals surface area contributed by atoms with Gasteiger partial charge in [-0.25, -0.2) is 14.2 Å². The number of urea groups is 1. The maximum Gasteiger partial charge on any atom is 0.321 e. The number of nitrogens with zero attached hydrogens (tertiary/aromatic N) is 4. The van der Waals surface area contributed by atoms with Crippen molar-refractivity contribution in [1.82, 2.24) is 14.9 Å². The Morgan fingerprint density at radius 3 is 2.41 bits per heavy atom. The van der Waals surface area contributed by atoms with Gasteiger partial charge in [-0.05, 0) is 30.3 Å². The van der Waals surface area contributed by atoms with Crippen LogP contribution in [0, 0.1) is 5.82 Å². The van der Waals surface area contributed by atoms with Crippen molar-refractivity contribution in [3.05, 3.63) is 72.7 Å². The molecule has 148 valence electrons. The van der Waals surface area contributed by atoms with Gasteiger partial charge in [-0.2, -0.15) is 4.98 Å². The minimum atomic E-state index is -0.342. The third-order valence-electron chi connectivity index (χ3n) is 4.65. The molecule has 0 unspecified atom stereocenters. The lowest BCUT2D eigenvalue weighted by atomic mass is 10.3. The molecule has 2 N–H and O–H groups in total. The number of benzene rings is 2. The van der Waals surface area contributed by atoms with E-state index in [0.29, 0.717) is 43.6 Å². The van der Waals surface area contributed by atoms with Crippen LogP contribution in [0.2, 0.25) is 0 Å². The van der Waals surface area contributed by atoms with Crippen LogP contribution < -0.4 is 15.5 Å². The summed E-state index contributed by atoms with van der Waals surface area (Å²) in [5.41, 5.74) is 1.13. The summed E-state index contributed by atoms with van der Waals surface area (Å²) in [6.45, 7) is 2.36. The fourth-order valence-corrected chi connectivity index (χ4v) is 3.10. The largest absolute Gasteiger partial charge is 0.338 e. The summed E-state index contributed by atoms with van der Waals surface area (Å²) in [6, 6.07) is 17.4. The molecule has 2 aromatic carbocycles. The van der Waals surface area contributed by atoms with E-state index in [1.807, 2.05) is 35.2 Å². The Hall–Kier alpha value is -3.68. The lowest BCUT2D eigenvalue weighted by Crippen LogP contribution is -2.50. The molecule has 0 saturated carbocycles. The van der Waals surface area contributed by atoms with E-state index in [-0.39, 0.29) is 11.8 Å². The molecule has 0 spiro atoms. The molecule has 1 fully saturated rings. The van der Waals surface area contributed by atoms with Crippen LogP contribution in [-0.4, -0.2) is 47.1 Å². The first-order valence-electron chi connectivity index (χ1n) is 9.39. The van der Waals surface area contributed by atoms with Crippen molar-refractivity contribution < 1.29 is 9.18 Å². The summed E-state index contributed by atoms with van der Waals surface area (Å²) in [4.78, 5) is 25.0. The molecule has 1 aliphatic rings. The van der Waals surface area contributed by atoms with Gasteiger partial charge in [0.15, 0.2) is 0 Å². The molecule has 7 nitrogen and oxygen atoms in total. The number of aromatic nitrogens is 2. The number of anilines is 4. The molecule has 2 heterocycles. The lowest BCUT2D eigenvalue weighted by molar-refractivity contribution is 0.208. The van der Waals surface area contributed by atoms with E-state index < -0.39 is 0 Å². The van der Waals surface area contributed by atoms with E-state index in [1.54, 1.807) is 35.4 Å². The average molecular weight is 392 g/mol. The normalized spacial score (nSPS) is 13.8. The molecule has 8 heteroatoms. The van der Waals surface area contributed by atoms with Gasteiger partial charge in [-0.3, -0.25) is 0 Å². The quantitative estimate of drug-likeness (QED) is 0.708. The first-order valence-corrected chi connectivity index (χ1v) is 9.39. The van der Waals surface area contributed by atoms with Crippen LogP contribution in [0.25, 0.3) is 0 Å². The van der Waals surface area contributed by atoms with Crippen LogP contribution in [-0.2, 0) is 0 Å². The van der Waals surface area contributed by atoms with Crippen LogP contribution in [0.5, 0.6) is 0 Å². The highest BCUT2D eigenvalue weighted by molar-refractivity contribution is 5.89. The van der Waals surface area contributed by atoms with Gasteiger partial charge in [0.1, 0.15) is 11.6 Å². The zero-order valence-corrected chi connectivity index (χ0v) is 15.8. The third kappa shape index (κ3) is 4.60. The summed E-state index contributed by atoms with van der Waals surface area (Å²) < 4.78 is 13.8. The van der Waals surface area contributed by atoms with Crippen molar-refractivity contribution in [2.24, 2.45) is 0 Å². The molecule has 0 radical (unpaired) electrons. The van der Waals surface area contributed by atoms with Gasteiger partial charge < -0.3 is 20.4 Å². The van der Waals surface area contributed by atoms with Gasteiger partial charge in [0.05, 0.1) is 5.69 Å². The molecule has 29 heavy (non-hydrogen) atoms. The number of carbonyl (C=O) groups is 1. The smallest absolute Gasteiger partial charge is 0.321 e. The van der Waals surface area contributed by atoms with E-state index in [9.17, 15) is 9.18 Å². The molecule has 3 aromatic rings. The van der Waals surface area contributed by atoms with E-state index in [1.165, 1.54) is 6.07 Å². The van der Waals surface area contributed by atoms with E-state index >= 15 is 0 Å². The van der Waals surface area contributed by atoms with E-state index in [2.05, 4.69) is 20.6 Å². The average Bonchev–Trinajstić information content (AvgIpc) is 2.76. The second kappa shape index (κ2) is 8.55. The summed E-state index contributed by atoms with van der Waals surface area (Å²) in [5, 5.41) is 5.88. The summed E-state index contributed by atoms with van der Waals surface area (Å²) in [7, 11) is 0. The Balaban J connectivity index is 1.36. The number of rotatable bonds is 4. The Morgan fingerprint density at radius 2 is 1.66 bits per heavy atom. The van der Waals surface area contributed by atoms with Crippen LogP contribution >= 0.6 is 0 Å². The minimum Gasteiger partial charge on any atom is -0.338 e. The van der Waals surface area contributed by atoms with Crippen LogP contribution in [0.15, 0.2) is 66.9 Å². The highest BCUT2D eigenvalue weighted by atomic mass is 19.1. The van der Waals surface area contributed by atoms with Crippen molar-refractivity contribution in [3.8, 4) is 0 Å². The maximum atomic E-state index is 13.8. The Bertz CT molecular complexity index is 976. The lowest BCUT2D eigenvalue weighted by Gasteiger charge is -2.34. The molecule has 0 atom stereocenters. The number of para-hydroxylation sites is 2. The number of amides is 2. The van der Waals surface area contributed by atoms with Crippen molar-refractivity contribution in [2.45, 2.75) is 0 Å². The van der Waals surface area contributed by atoms with Crippen molar-refractivity contribution in [3.63, 3.8) is 0 Å². The van der Waals surface area contributed by atoms with Gasteiger partial charge in [0.2, 0.25) is 5.95 Å². The number of hydrogen-bond acceptors (Lipinski definition) is 5. The SMILES string of the molecule is O=C(Nc1ccccc1)N1CCN(c2nccc(Nc3ccccc3F)n2)CC1. The minimum absolute atomic E-state index is 0.119. The molecular formula is C21H21FN6O. The standard InChI is InChI=1S/C21H21FN6O/c22-17-8-4-5-9-18(17)25-19-10-11-23-20(26-19)27-12-14-28(15-13-27)21(29)24-16-6-2-1-3-7-16/h1-11H,12-15H2,(H,24,29)(H,23,25,26). The molecule has 1 aromatic heterocycles. The van der Waals surface area contributed by atoms with Gasteiger partial charge in [0, 0.05) is 38.1 Å². The third-order valence-corrected chi connectivity index (χ3v) is 4.65. The zero-order chi connectivity index (χ0) is 20.1. The monoisotopic (exact) mass is 392 g/mol. The first kappa shape index (κ1) is 18.7. The van der Waals surface area contributed by atoms with Crippen molar-refractivity contribution >= 4 is 29.2 Å². The number of nitrogens with one attached hydrogen (secondary N) is 2. The number of hydrogen-bond donors (Lipinski definition) is 2. The van der Waals surface area contributed by atoms with E-state index in [4.69, 9.17) is 0 Å². The number of halogens is 1. The Labute approximate surface area is 168 Å². The predicted octanol–water partition coefficient (Wildman–Crippen LogP) is 3.71. The van der Waals surface area contributed by atoms with Crippen molar-refractivity contribution in [2.75, 3.05) is 41.7 Å². The molecule has 2 amide bonds. The molecule has 1 aliphatic heterocycles. The topological polar surface area (TPSA) is 73.4 Å². The number of carbonyl (C=O) groups excluding carboxylic acids is 1. The molecule has 4 rings (SSSR count). The first-order chi connectivity index (χ1) is 14.2. The molecular weight excluding hydrogens is 371 g/mol. The highest BCUT2D eigenvalue weighted by Gasteiger charge is 2.22. The molecule has 0 bridgehead atoms. The summed E-state index contributed by atoms with van der Waals surface area (Å²) in [5.74, 6) is 0.726. The van der Waals surface area contributed by atoms with Gasteiger partial charge in [-0.15, -0.1) is 0 Å². The van der Waals surface area contributed by atoms with E-state index in [0.717, 1.165) is 5.69 Å². The second-order valence-corrected chi connectivity index (χ2v) is 6.62. The van der Waals surface area contributed by atoms with Gasteiger partial charge >= 0.3 is 6.03 Å². The van der Waals surface area contributed by atoms with Gasteiger partial charge in [-0.1, -0.05) is 30.3 Å². The fraction of sp³-hybridized carbons (Fsp3) is 0.190. The van der Waals surface area contributed by atoms with Crippen LogP contribution in [0.3, 0.4) is 0 Å². The highest BCUT2D eigenvalue weighted by Crippen LogP contribution is 2.20. The summed E-state index contributed by atoms with van der Waals surface area (Å²) in [6.07, 6.45) is 1.64. The van der Waals surface area contributed by atoms with Gasteiger partial charge in [0.25, 0.3) is 0 Å². The second-order valence-electron chi connectivity index (χ2n) is 6.62.